The Morgan fingerprint density at radius 3 is 2.43 bits per heavy atom. The predicted molar refractivity (Wildman–Crippen MR) is 52.6 cm³/mol. The first-order valence-corrected chi connectivity index (χ1v) is 5.66. The van der Waals surface area contributed by atoms with Gasteiger partial charge in [0.2, 0.25) is 0 Å². The number of nitrogens with two attached hydrogens (primary N) is 1. The van der Waals surface area contributed by atoms with Crippen LogP contribution in [-0.4, -0.2) is 17.4 Å². The van der Waals surface area contributed by atoms with E-state index in [9.17, 15) is 8.78 Å². The van der Waals surface area contributed by atoms with Crippen molar-refractivity contribution < 1.29 is 8.78 Å². The molecule has 0 amide bonds. The Balaban J connectivity index is 1.86. The first-order valence-electron chi connectivity index (χ1n) is 5.66. The lowest BCUT2D eigenvalue weighted by molar-refractivity contribution is 0.00202. The van der Waals surface area contributed by atoms with E-state index < -0.39 is 11.8 Å². The topological polar surface area (TPSA) is 26.0 Å². The first kappa shape index (κ1) is 10.3. The van der Waals surface area contributed by atoms with Crippen LogP contribution in [0.4, 0.5) is 8.78 Å². The van der Waals surface area contributed by atoms with Crippen molar-refractivity contribution in [1.29, 1.82) is 0 Å². The van der Waals surface area contributed by atoms with E-state index in [2.05, 4.69) is 0 Å². The normalized spacial score (nSPS) is 40.9. The molecule has 0 heterocycles. The Morgan fingerprint density at radius 1 is 1.14 bits per heavy atom. The fraction of sp³-hybridized carbons (Fsp3) is 1.00. The van der Waals surface area contributed by atoms with Crippen molar-refractivity contribution in [2.24, 2.45) is 5.73 Å². The van der Waals surface area contributed by atoms with Gasteiger partial charge in [0.15, 0.2) is 0 Å². The van der Waals surface area contributed by atoms with Gasteiger partial charge in [-0.15, -0.1) is 0 Å². The molecule has 82 valence electrons. The second kappa shape index (κ2) is 3.44. The highest BCUT2D eigenvalue weighted by Gasteiger charge is 2.45. The molecule has 0 saturated heterocycles. The second-order valence-electron chi connectivity index (χ2n) is 5.11. The van der Waals surface area contributed by atoms with Crippen molar-refractivity contribution in [1.82, 2.24) is 0 Å². The molecule has 2 unspecified atom stereocenters. The molecule has 0 bridgehead atoms. The Morgan fingerprint density at radius 2 is 1.86 bits per heavy atom. The van der Waals surface area contributed by atoms with Gasteiger partial charge in [-0.05, 0) is 38.5 Å². The minimum absolute atomic E-state index is 0.143. The van der Waals surface area contributed by atoms with E-state index in [1.165, 1.54) is 0 Å². The minimum atomic E-state index is -1.56. The maximum Gasteiger partial charge on any atom is 0.142 e. The molecular formula is C11H19F2N. The Labute approximate surface area is 84.0 Å². The number of halogens is 2. The third kappa shape index (κ3) is 2.08. The molecule has 2 saturated carbocycles. The van der Waals surface area contributed by atoms with Gasteiger partial charge in [-0.25, -0.2) is 8.78 Å². The standard InChI is InChI=1S/C11H19F2N/c12-9-3-1-2-4-11(9,13)8-7-10(14)5-6-10/h9H,1-8,14H2. The lowest BCUT2D eigenvalue weighted by Crippen LogP contribution is -2.39. The van der Waals surface area contributed by atoms with Crippen LogP contribution in [0, 0.1) is 0 Å². The maximum absolute atomic E-state index is 14.1. The summed E-state index contributed by atoms with van der Waals surface area (Å²) >= 11 is 0. The molecular weight excluding hydrogens is 184 g/mol. The highest BCUT2D eigenvalue weighted by atomic mass is 19.2. The summed E-state index contributed by atoms with van der Waals surface area (Å²) < 4.78 is 27.5. The lowest BCUT2D eigenvalue weighted by Gasteiger charge is -2.33. The van der Waals surface area contributed by atoms with Gasteiger partial charge in [-0.1, -0.05) is 12.8 Å². The van der Waals surface area contributed by atoms with Crippen molar-refractivity contribution in [3.63, 3.8) is 0 Å². The Bertz CT molecular complexity index is 215. The Kier molecular flexibility index (Phi) is 2.54. The smallest absolute Gasteiger partial charge is 0.142 e. The maximum atomic E-state index is 14.1. The summed E-state index contributed by atoms with van der Waals surface area (Å²) in [7, 11) is 0. The molecule has 1 nitrogen and oxygen atoms in total. The van der Waals surface area contributed by atoms with Gasteiger partial charge in [0.1, 0.15) is 11.8 Å². The highest BCUT2D eigenvalue weighted by molar-refractivity contribution is 5.01. The summed E-state index contributed by atoms with van der Waals surface area (Å²) in [6.45, 7) is 0. The molecule has 2 N–H and O–H groups in total. The van der Waals surface area contributed by atoms with Gasteiger partial charge in [-0.2, -0.15) is 0 Å². The van der Waals surface area contributed by atoms with E-state index in [1.807, 2.05) is 0 Å². The number of rotatable bonds is 3. The molecule has 14 heavy (non-hydrogen) atoms. The van der Waals surface area contributed by atoms with Crippen LogP contribution < -0.4 is 5.73 Å². The summed E-state index contributed by atoms with van der Waals surface area (Å²) in [6, 6.07) is 0. The van der Waals surface area contributed by atoms with Crippen molar-refractivity contribution in [2.45, 2.75) is 68.7 Å². The van der Waals surface area contributed by atoms with Crippen LogP contribution in [0.2, 0.25) is 0 Å². The third-order valence-electron chi connectivity index (χ3n) is 3.79. The van der Waals surface area contributed by atoms with Gasteiger partial charge in [0.05, 0.1) is 0 Å². The van der Waals surface area contributed by atoms with Crippen LogP contribution in [0.1, 0.15) is 51.4 Å². The second-order valence-corrected chi connectivity index (χ2v) is 5.11. The SMILES string of the molecule is NC1(CCC2(F)CCCCC2F)CC1. The van der Waals surface area contributed by atoms with Gasteiger partial charge in [0.25, 0.3) is 0 Å². The Hall–Kier alpha value is -0.180. The molecule has 2 atom stereocenters. The molecule has 0 aliphatic heterocycles. The van der Waals surface area contributed by atoms with Crippen LogP contribution in [0.15, 0.2) is 0 Å². The molecule has 0 aromatic rings. The lowest BCUT2D eigenvalue weighted by atomic mass is 9.80. The van der Waals surface area contributed by atoms with Crippen molar-refractivity contribution in [2.75, 3.05) is 0 Å². The average molecular weight is 203 g/mol. The number of alkyl halides is 2. The van der Waals surface area contributed by atoms with E-state index >= 15 is 0 Å². The summed E-state index contributed by atoms with van der Waals surface area (Å²) in [6.07, 6.45) is 4.15. The van der Waals surface area contributed by atoms with E-state index in [0.29, 0.717) is 25.7 Å². The summed E-state index contributed by atoms with van der Waals surface area (Å²) in [5, 5.41) is 0. The predicted octanol–water partition coefficient (Wildman–Crippen LogP) is 2.88. The van der Waals surface area contributed by atoms with E-state index in [4.69, 9.17) is 5.73 Å². The van der Waals surface area contributed by atoms with E-state index in [1.54, 1.807) is 0 Å². The molecule has 2 rings (SSSR count). The molecule has 0 aromatic heterocycles. The first-order chi connectivity index (χ1) is 6.54. The average Bonchev–Trinajstić information content (AvgIpc) is 2.88. The van der Waals surface area contributed by atoms with Crippen molar-refractivity contribution in [3.8, 4) is 0 Å². The minimum Gasteiger partial charge on any atom is -0.325 e. The van der Waals surface area contributed by atoms with Crippen LogP contribution >= 0.6 is 0 Å². The summed E-state index contributed by atoms with van der Waals surface area (Å²) in [5.74, 6) is 0. The van der Waals surface area contributed by atoms with Crippen LogP contribution in [0.5, 0.6) is 0 Å². The number of hydrogen-bond donors (Lipinski definition) is 1. The van der Waals surface area contributed by atoms with Crippen molar-refractivity contribution >= 4 is 0 Å². The zero-order valence-corrected chi connectivity index (χ0v) is 8.57. The molecule has 2 fully saturated rings. The zero-order valence-electron chi connectivity index (χ0n) is 8.57. The molecule has 3 heteroatoms. The fourth-order valence-electron chi connectivity index (χ4n) is 2.31. The monoisotopic (exact) mass is 203 g/mol. The van der Waals surface area contributed by atoms with Gasteiger partial charge < -0.3 is 5.73 Å². The number of hydrogen-bond acceptors (Lipinski definition) is 1. The fourth-order valence-corrected chi connectivity index (χ4v) is 2.31. The van der Waals surface area contributed by atoms with E-state index in [0.717, 1.165) is 25.7 Å². The molecule has 2 aliphatic carbocycles. The quantitative estimate of drug-likeness (QED) is 0.750. The van der Waals surface area contributed by atoms with Crippen LogP contribution in [0.3, 0.4) is 0 Å². The van der Waals surface area contributed by atoms with Crippen LogP contribution in [0.25, 0.3) is 0 Å². The van der Waals surface area contributed by atoms with Gasteiger partial charge in [0, 0.05) is 5.54 Å². The molecule has 0 radical (unpaired) electrons. The largest absolute Gasteiger partial charge is 0.325 e. The van der Waals surface area contributed by atoms with Gasteiger partial charge >= 0.3 is 0 Å². The molecule has 0 spiro atoms. The zero-order chi connectivity index (χ0) is 10.2. The summed E-state index contributed by atoms with van der Waals surface area (Å²) in [5.41, 5.74) is 4.17. The summed E-state index contributed by atoms with van der Waals surface area (Å²) in [4.78, 5) is 0. The molecule has 2 aliphatic rings. The van der Waals surface area contributed by atoms with Crippen molar-refractivity contribution in [3.05, 3.63) is 0 Å². The highest BCUT2D eigenvalue weighted by Crippen LogP contribution is 2.43. The van der Waals surface area contributed by atoms with Crippen LogP contribution in [-0.2, 0) is 0 Å². The van der Waals surface area contributed by atoms with Gasteiger partial charge in [-0.3, -0.25) is 0 Å². The van der Waals surface area contributed by atoms with E-state index in [-0.39, 0.29) is 5.54 Å². The molecule has 0 aromatic carbocycles. The third-order valence-corrected chi connectivity index (χ3v) is 3.79.